The van der Waals surface area contributed by atoms with Gasteiger partial charge in [-0.3, -0.25) is 0 Å². The molecule has 28 heavy (non-hydrogen) atoms. The first-order valence-corrected chi connectivity index (χ1v) is 14.2. The first kappa shape index (κ1) is 28.1. The van der Waals surface area contributed by atoms with Crippen LogP contribution in [0.3, 0.4) is 0 Å². The molecule has 0 heterocycles. The van der Waals surface area contributed by atoms with Crippen molar-refractivity contribution in [3.63, 3.8) is 0 Å². The summed E-state index contributed by atoms with van der Waals surface area (Å²) in [4.78, 5) is 0. The highest BCUT2D eigenvalue weighted by Gasteiger charge is 2.16. The molecule has 0 aromatic heterocycles. The van der Waals surface area contributed by atoms with Gasteiger partial charge in [0.15, 0.2) is 0 Å². The van der Waals surface area contributed by atoms with E-state index >= 15 is 0 Å². The summed E-state index contributed by atoms with van der Waals surface area (Å²) in [6.07, 6.45) is 21.3. The summed E-state index contributed by atoms with van der Waals surface area (Å²) in [7, 11) is -1.05. The molecule has 0 aliphatic rings. The lowest BCUT2D eigenvalue weighted by Crippen LogP contribution is -2.26. The van der Waals surface area contributed by atoms with Gasteiger partial charge < -0.3 is 8.85 Å². The van der Waals surface area contributed by atoms with Crippen LogP contribution in [0.15, 0.2) is 0 Å². The zero-order valence-electron chi connectivity index (χ0n) is 20.2. The summed E-state index contributed by atoms with van der Waals surface area (Å²) in [6.45, 7) is 12.9. The van der Waals surface area contributed by atoms with Crippen LogP contribution in [0.4, 0.5) is 0 Å². The molecule has 0 saturated heterocycles. The standard InChI is InChI=1S/C25H53O2Si/c1-6-7-8-9-10-11-12-13-14-15-16-17-18-19-20-21-28(26-22-24(2)3)27-23-25(4)5/h24-25H,6-23H2,1-5H3. The highest BCUT2D eigenvalue weighted by atomic mass is 28.3. The zero-order valence-corrected chi connectivity index (χ0v) is 21.2. The molecule has 0 unspecified atom stereocenters. The molecule has 169 valence electrons. The van der Waals surface area contributed by atoms with Crippen LogP contribution in [0.25, 0.3) is 0 Å². The van der Waals surface area contributed by atoms with Crippen molar-refractivity contribution in [1.29, 1.82) is 0 Å². The van der Waals surface area contributed by atoms with Crippen LogP contribution in [0.5, 0.6) is 0 Å². The Morgan fingerprint density at radius 3 is 1.14 bits per heavy atom. The van der Waals surface area contributed by atoms with Gasteiger partial charge in [-0.1, -0.05) is 131 Å². The van der Waals surface area contributed by atoms with Crippen molar-refractivity contribution in [3.8, 4) is 0 Å². The maximum absolute atomic E-state index is 6.05. The summed E-state index contributed by atoms with van der Waals surface area (Å²) < 4.78 is 12.1. The van der Waals surface area contributed by atoms with Crippen molar-refractivity contribution in [1.82, 2.24) is 0 Å². The summed E-state index contributed by atoms with van der Waals surface area (Å²) in [5.74, 6) is 1.20. The highest BCUT2D eigenvalue weighted by molar-refractivity contribution is 6.44. The predicted molar refractivity (Wildman–Crippen MR) is 127 cm³/mol. The van der Waals surface area contributed by atoms with E-state index in [9.17, 15) is 0 Å². The van der Waals surface area contributed by atoms with Gasteiger partial charge in [0.25, 0.3) is 0 Å². The van der Waals surface area contributed by atoms with Crippen LogP contribution in [0.2, 0.25) is 6.04 Å². The van der Waals surface area contributed by atoms with Crippen molar-refractivity contribution in [2.24, 2.45) is 11.8 Å². The average molecular weight is 414 g/mol. The molecule has 3 heteroatoms. The van der Waals surface area contributed by atoms with Crippen LogP contribution in [-0.4, -0.2) is 22.5 Å². The second-order valence-electron chi connectivity index (χ2n) is 9.48. The summed E-state index contributed by atoms with van der Waals surface area (Å²) >= 11 is 0. The topological polar surface area (TPSA) is 18.5 Å². The lowest BCUT2D eigenvalue weighted by Gasteiger charge is -2.18. The predicted octanol–water partition coefficient (Wildman–Crippen LogP) is 8.69. The highest BCUT2D eigenvalue weighted by Crippen LogP contribution is 2.15. The Labute approximate surface area is 180 Å². The van der Waals surface area contributed by atoms with Crippen molar-refractivity contribution in [3.05, 3.63) is 0 Å². The third-order valence-corrected chi connectivity index (χ3v) is 6.88. The van der Waals surface area contributed by atoms with E-state index in [4.69, 9.17) is 8.85 Å². The molecule has 0 atom stereocenters. The third-order valence-electron chi connectivity index (χ3n) is 5.14. The second kappa shape index (κ2) is 21.8. The Balaban J connectivity index is 3.42. The average Bonchev–Trinajstić information content (AvgIpc) is 2.66. The maximum Gasteiger partial charge on any atom is 0.384 e. The molecule has 0 aliphatic heterocycles. The molecule has 0 aliphatic carbocycles. The van der Waals surface area contributed by atoms with Gasteiger partial charge in [-0.05, 0) is 17.9 Å². The molecule has 0 aromatic rings. The molecule has 0 spiro atoms. The molecule has 0 N–H and O–H groups in total. The molecule has 0 aromatic carbocycles. The van der Waals surface area contributed by atoms with E-state index in [2.05, 4.69) is 34.6 Å². The fourth-order valence-corrected chi connectivity index (χ4v) is 5.30. The normalized spacial score (nSPS) is 12.0. The van der Waals surface area contributed by atoms with Gasteiger partial charge in [-0.25, -0.2) is 0 Å². The van der Waals surface area contributed by atoms with E-state index in [1.54, 1.807) is 0 Å². The molecule has 0 rings (SSSR count). The van der Waals surface area contributed by atoms with Gasteiger partial charge in [0, 0.05) is 13.2 Å². The molecule has 0 fully saturated rings. The van der Waals surface area contributed by atoms with Crippen LogP contribution in [-0.2, 0) is 8.85 Å². The fraction of sp³-hybridized carbons (Fsp3) is 1.00. The Kier molecular flexibility index (Phi) is 21.9. The van der Waals surface area contributed by atoms with Gasteiger partial charge in [0.05, 0.1) is 0 Å². The summed E-state index contributed by atoms with van der Waals surface area (Å²) in [5, 5.41) is 0. The minimum atomic E-state index is -1.05. The second-order valence-corrected chi connectivity index (χ2v) is 11.3. The van der Waals surface area contributed by atoms with Crippen molar-refractivity contribution in [2.75, 3.05) is 13.2 Å². The number of unbranched alkanes of at least 4 members (excludes halogenated alkanes) is 14. The largest absolute Gasteiger partial charge is 0.393 e. The SMILES string of the molecule is CCCCCCCCCCCCCCCCC[Si](OCC(C)C)OCC(C)C. The molecule has 0 saturated carbocycles. The van der Waals surface area contributed by atoms with E-state index < -0.39 is 9.28 Å². The lowest BCUT2D eigenvalue weighted by molar-refractivity contribution is 0.162. The smallest absolute Gasteiger partial charge is 0.384 e. The van der Waals surface area contributed by atoms with Crippen LogP contribution >= 0.6 is 0 Å². The molecular weight excluding hydrogens is 360 g/mol. The first-order chi connectivity index (χ1) is 13.6. The van der Waals surface area contributed by atoms with E-state index in [0.717, 1.165) is 19.3 Å². The molecule has 0 bridgehead atoms. The van der Waals surface area contributed by atoms with Crippen LogP contribution < -0.4 is 0 Å². The minimum Gasteiger partial charge on any atom is -0.393 e. The number of rotatable bonds is 22. The van der Waals surface area contributed by atoms with E-state index in [1.807, 2.05) is 0 Å². The maximum atomic E-state index is 6.05. The Morgan fingerprint density at radius 1 is 0.500 bits per heavy atom. The van der Waals surface area contributed by atoms with Crippen molar-refractivity contribution >= 4 is 9.28 Å². The number of hydrogen-bond acceptors (Lipinski definition) is 2. The van der Waals surface area contributed by atoms with Gasteiger partial charge in [0.1, 0.15) is 0 Å². The van der Waals surface area contributed by atoms with Crippen LogP contribution in [0.1, 0.15) is 131 Å². The van der Waals surface area contributed by atoms with Crippen molar-refractivity contribution in [2.45, 2.75) is 137 Å². The van der Waals surface area contributed by atoms with Gasteiger partial charge >= 0.3 is 9.28 Å². The Bertz CT molecular complexity index is 282. The molecular formula is C25H53O2Si. The Hall–Kier alpha value is 0.137. The van der Waals surface area contributed by atoms with Gasteiger partial charge in [-0.2, -0.15) is 0 Å². The van der Waals surface area contributed by atoms with E-state index in [-0.39, 0.29) is 0 Å². The van der Waals surface area contributed by atoms with Crippen molar-refractivity contribution < 1.29 is 8.85 Å². The Morgan fingerprint density at radius 2 is 0.821 bits per heavy atom. The fourth-order valence-electron chi connectivity index (χ4n) is 3.35. The lowest BCUT2D eigenvalue weighted by atomic mass is 10.0. The van der Waals surface area contributed by atoms with Gasteiger partial charge in [0.2, 0.25) is 0 Å². The monoisotopic (exact) mass is 413 g/mol. The molecule has 2 nitrogen and oxygen atoms in total. The summed E-state index contributed by atoms with van der Waals surface area (Å²) in [5.41, 5.74) is 0. The van der Waals surface area contributed by atoms with E-state index in [0.29, 0.717) is 11.8 Å². The molecule has 1 radical (unpaired) electrons. The van der Waals surface area contributed by atoms with E-state index in [1.165, 1.54) is 96.3 Å². The third kappa shape index (κ3) is 22.4. The quantitative estimate of drug-likeness (QED) is 0.130. The summed E-state index contributed by atoms with van der Waals surface area (Å²) in [6, 6.07) is 1.16. The van der Waals surface area contributed by atoms with Gasteiger partial charge in [-0.15, -0.1) is 0 Å². The minimum absolute atomic E-state index is 0.601. The van der Waals surface area contributed by atoms with Crippen LogP contribution in [0, 0.1) is 11.8 Å². The zero-order chi connectivity index (χ0) is 20.9. The first-order valence-electron chi connectivity index (χ1n) is 12.7. The molecule has 0 amide bonds. The number of hydrogen-bond donors (Lipinski definition) is 0.